The fourth-order valence-electron chi connectivity index (χ4n) is 3.15. The molecule has 2 atom stereocenters. The number of nitrogens with zero attached hydrogens (tertiary/aromatic N) is 1. The predicted molar refractivity (Wildman–Crippen MR) is 92.0 cm³/mol. The van der Waals surface area contributed by atoms with Crippen LogP contribution in [-0.4, -0.2) is 44.4 Å². The van der Waals surface area contributed by atoms with Crippen LogP contribution in [0.1, 0.15) is 18.1 Å². The van der Waals surface area contributed by atoms with Crippen molar-refractivity contribution in [1.29, 1.82) is 0 Å². The molecule has 0 bridgehead atoms. The summed E-state index contributed by atoms with van der Waals surface area (Å²) in [4.78, 5) is 0. The van der Waals surface area contributed by atoms with Gasteiger partial charge in [-0.2, -0.15) is 0 Å². The number of benzene rings is 2. The van der Waals surface area contributed by atoms with E-state index in [2.05, 4.69) is 52.3 Å². The Bertz CT molecular complexity index is 594. The van der Waals surface area contributed by atoms with Gasteiger partial charge in [0, 0.05) is 11.1 Å². The van der Waals surface area contributed by atoms with Crippen molar-refractivity contribution in [1.82, 2.24) is 0 Å². The molecule has 0 radical (unpaired) electrons. The topological polar surface area (TPSA) is 18.5 Å². The minimum atomic E-state index is -0.818. The Morgan fingerprint density at radius 3 is 1.74 bits per heavy atom. The molecule has 0 amide bonds. The molecule has 1 aliphatic rings. The zero-order chi connectivity index (χ0) is 16.5. The molecule has 0 N–H and O–H groups in total. The summed E-state index contributed by atoms with van der Waals surface area (Å²) in [7, 11) is 6.54. The molecule has 23 heavy (non-hydrogen) atoms. The van der Waals surface area contributed by atoms with Crippen LogP contribution >= 0.6 is 0 Å². The zero-order valence-electron chi connectivity index (χ0n) is 14.4. The summed E-state index contributed by atoms with van der Waals surface area (Å²) < 4.78 is 13.9. The van der Waals surface area contributed by atoms with Crippen LogP contribution in [0.3, 0.4) is 0 Å². The van der Waals surface area contributed by atoms with Gasteiger partial charge >= 0.3 is 0 Å². The first-order valence-electron chi connectivity index (χ1n) is 8.18. The molecule has 3 rings (SSSR count). The van der Waals surface area contributed by atoms with Gasteiger partial charge in [-0.15, -0.1) is 0 Å². The van der Waals surface area contributed by atoms with Gasteiger partial charge in [0.1, 0.15) is 12.6 Å². The van der Waals surface area contributed by atoms with Gasteiger partial charge < -0.3 is 14.0 Å². The highest BCUT2D eigenvalue weighted by Gasteiger charge is 2.49. The lowest BCUT2D eigenvalue weighted by Gasteiger charge is -2.31. The van der Waals surface area contributed by atoms with Crippen molar-refractivity contribution in [2.45, 2.75) is 24.9 Å². The van der Waals surface area contributed by atoms with Gasteiger partial charge in [0.15, 0.2) is 0 Å². The molecule has 1 fully saturated rings. The molecule has 2 aromatic carbocycles. The van der Waals surface area contributed by atoms with Crippen molar-refractivity contribution >= 4 is 0 Å². The van der Waals surface area contributed by atoms with E-state index in [1.165, 1.54) is 0 Å². The SMILES string of the molecule is C[C@@H]1OC(c2ccccc2)(c2ccccc2)O[C@@H]1C[N+](C)(C)C. The molecule has 1 saturated heterocycles. The van der Waals surface area contributed by atoms with E-state index in [-0.39, 0.29) is 12.2 Å². The van der Waals surface area contributed by atoms with Gasteiger partial charge in [0.05, 0.1) is 27.2 Å². The molecule has 3 heteroatoms. The first-order valence-corrected chi connectivity index (χ1v) is 8.18. The smallest absolute Gasteiger partial charge is 0.223 e. The highest BCUT2D eigenvalue weighted by molar-refractivity contribution is 5.34. The van der Waals surface area contributed by atoms with Crippen LogP contribution in [0.4, 0.5) is 0 Å². The van der Waals surface area contributed by atoms with Crippen LogP contribution in [-0.2, 0) is 15.3 Å². The first kappa shape index (κ1) is 16.2. The van der Waals surface area contributed by atoms with Crippen molar-refractivity contribution in [3.8, 4) is 0 Å². The number of hydrogen-bond acceptors (Lipinski definition) is 2. The van der Waals surface area contributed by atoms with Crippen LogP contribution < -0.4 is 0 Å². The maximum absolute atomic E-state index is 6.57. The summed E-state index contributed by atoms with van der Waals surface area (Å²) in [5, 5.41) is 0. The summed E-state index contributed by atoms with van der Waals surface area (Å²) in [5.41, 5.74) is 2.09. The summed E-state index contributed by atoms with van der Waals surface area (Å²) >= 11 is 0. The monoisotopic (exact) mass is 312 g/mol. The molecule has 3 nitrogen and oxygen atoms in total. The lowest BCUT2D eigenvalue weighted by Crippen LogP contribution is -2.44. The van der Waals surface area contributed by atoms with Crippen molar-refractivity contribution in [3.63, 3.8) is 0 Å². The maximum atomic E-state index is 6.57. The number of rotatable bonds is 4. The number of likely N-dealkylation sites (N-methyl/N-ethyl adjacent to an activating group) is 1. The van der Waals surface area contributed by atoms with Gasteiger partial charge in [0.2, 0.25) is 5.79 Å². The Balaban J connectivity index is 2.02. The average molecular weight is 312 g/mol. The summed E-state index contributed by atoms with van der Waals surface area (Å²) in [6, 6.07) is 20.5. The van der Waals surface area contributed by atoms with E-state index < -0.39 is 5.79 Å². The van der Waals surface area contributed by atoms with Crippen molar-refractivity contribution in [2.75, 3.05) is 27.7 Å². The van der Waals surface area contributed by atoms with Crippen LogP contribution in [0.15, 0.2) is 60.7 Å². The fraction of sp³-hybridized carbons (Fsp3) is 0.400. The average Bonchev–Trinajstić information content (AvgIpc) is 2.85. The van der Waals surface area contributed by atoms with E-state index >= 15 is 0 Å². The molecule has 0 aliphatic carbocycles. The third-order valence-corrected chi connectivity index (χ3v) is 4.23. The van der Waals surface area contributed by atoms with Crippen LogP contribution in [0, 0.1) is 0 Å². The van der Waals surface area contributed by atoms with Gasteiger partial charge in [-0.3, -0.25) is 0 Å². The number of hydrogen-bond donors (Lipinski definition) is 0. The lowest BCUT2D eigenvalue weighted by molar-refractivity contribution is -0.873. The Morgan fingerprint density at radius 2 is 1.30 bits per heavy atom. The molecular formula is C20H26NO2+. The van der Waals surface area contributed by atoms with Crippen molar-refractivity contribution in [3.05, 3.63) is 71.8 Å². The third-order valence-electron chi connectivity index (χ3n) is 4.23. The second kappa shape index (κ2) is 6.08. The van der Waals surface area contributed by atoms with Gasteiger partial charge in [-0.1, -0.05) is 60.7 Å². The van der Waals surface area contributed by atoms with E-state index in [1.807, 2.05) is 36.4 Å². The third kappa shape index (κ3) is 3.32. The Kier molecular flexibility index (Phi) is 4.28. The summed E-state index contributed by atoms with van der Waals surface area (Å²) in [6.45, 7) is 3.01. The van der Waals surface area contributed by atoms with E-state index in [0.717, 1.165) is 22.2 Å². The van der Waals surface area contributed by atoms with E-state index in [4.69, 9.17) is 9.47 Å². The molecule has 122 valence electrons. The maximum Gasteiger partial charge on any atom is 0.223 e. The fourth-order valence-corrected chi connectivity index (χ4v) is 3.15. The van der Waals surface area contributed by atoms with E-state index in [1.54, 1.807) is 0 Å². The first-order chi connectivity index (χ1) is 10.9. The number of quaternary nitrogens is 1. The van der Waals surface area contributed by atoms with Crippen LogP contribution in [0.2, 0.25) is 0 Å². The zero-order valence-corrected chi connectivity index (χ0v) is 14.4. The van der Waals surface area contributed by atoms with Gasteiger partial charge in [-0.25, -0.2) is 0 Å². The van der Waals surface area contributed by atoms with Crippen LogP contribution in [0.25, 0.3) is 0 Å². The molecule has 0 saturated carbocycles. The molecule has 0 aromatic heterocycles. The Labute approximate surface area is 139 Å². The van der Waals surface area contributed by atoms with E-state index in [0.29, 0.717) is 0 Å². The molecule has 0 spiro atoms. The standard InChI is InChI=1S/C20H26NO2/c1-16-19(15-21(2,3)4)23-20(22-16,17-11-7-5-8-12-17)18-13-9-6-10-14-18/h5-14,16,19H,15H2,1-4H3/q+1/t16-,19+/m0/s1. The molecule has 0 unspecified atom stereocenters. The van der Waals surface area contributed by atoms with Gasteiger partial charge in [0.25, 0.3) is 0 Å². The van der Waals surface area contributed by atoms with E-state index in [9.17, 15) is 0 Å². The normalized spacial score (nSPS) is 23.8. The lowest BCUT2D eigenvalue weighted by atomic mass is 9.97. The second-order valence-corrected chi connectivity index (χ2v) is 7.30. The quantitative estimate of drug-likeness (QED) is 0.806. The summed E-state index contributed by atoms with van der Waals surface area (Å²) in [6.07, 6.45) is 0.0863. The van der Waals surface area contributed by atoms with Gasteiger partial charge in [-0.05, 0) is 6.92 Å². The molecular weight excluding hydrogens is 286 g/mol. The van der Waals surface area contributed by atoms with Crippen LogP contribution in [0.5, 0.6) is 0 Å². The Morgan fingerprint density at radius 1 is 0.826 bits per heavy atom. The van der Waals surface area contributed by atoms with Crippen molar-refractivity contribution in [2.24, 2.45) is 0 Å². The predicted octanol–water partition coefficient (Wildman–Crippen LogP) is 3.40. The minimum Gasteiger partial charge on any atom is -0.336 e. The highest BCUT2D eigenvalue weighted by atomic mass is 16.8. The number of ether oxygens (including phenoxy) is 2. The highest BCUT2D eigenvalue weighted by Crippen LogP contribution is 2.43. The minimum absolute atomic E-state index is 0.0350. The molecule has 2 aromatic rings. The molecule has 1 aliphatic heterocycles. The Hall–Kier alpha value is -1.68. The largest absolute Gasteiger partial charge is 0.336 e. The second-order valence-electron chi connectivity index (χ2n) is 7.30. The molecule has 1 heterocycles. The van der Waals surface area contributed by atoms with Crippen molar-refractivity contribution < 1.29 is 14.0 Å². The summed E-state index contributed by atoms with van der Waals surface area (Å²) in [5.74, 6) is -0.818.